The van der Waals surface area contributed by atoms with Gasteiger partial charge in [0.1, 0.15) is 17.5 Å². The molecule has 1 amide bonds. The summed E-state index contributed by atoms with van der Waals surface area (Å²) in [5.41, 5.74) is 4.07. The van der Waals surface area contributed by atoms with Crippen LogP contribution < -0.4 is 10.9 Å². The van der Waals surface area contributed by atoms with E-state index in [4.69, 9.17) is 4.52 Å². The third-order valence-corrected chi connectivity index (χ3v) is 5.22. The minimum atomic E-state index is -0.139. The second-order valence-electron chi connectivity index (χ2n) is 7.60. The van der Waals surface area contributed by atoms with Crippen molar-refractivity contribution < 1.29 is 9.32 Å². The van der Waals surface area contributed by atoms with Gasteiger partial charge in [-0.1, -0.05) is 35.0 Å². The first-order chi connectivity index (χ1) is 14.9. The molecule has 160 valence electrons. The largest absolute Gasteiger partial charge is 0.361 e. The third-order valence-electron chi connectivity index (χ3n) is 5.22. The number of hydrogen-bond acceptors (Lipinski definition) is 6. The van der Waals surface area contributed by atoms with Crippen molar-refractivity contribution in [2.75, 3.05) is 6.54 Å². The second kappa shape index (κ2) is 8.55. The minimum Gasteiger partial charge on any atom is -0.361 e. The van der Waals surface area contributed by atoms with Crippen molar-refractivity contribution in [2.24, 2.45) is 0 Å². The van der Waals surface area contributed by atoms with Gasteiger partial charge in [-0.3, -0.25) is 14.2 Å². The van der Waals surface area contributed by atoms with Gasteiger partial charge < -0.3 is 9.84 Å². The fourth-order valence-electron chi connectivity index (χ4n) is 3.56. The van der Waals surface area contributed by atoms with Crippen molar-refractivity contribution in [3.05, 3.63) is 75.3 Å². The quantitative estimate of drug-likeness (QED) is 0.489. The molecule has 0 saturated heterocycles. The van der Waals surface area contributed by atoms with Crippen molar-refractivity contribution in [1.29, 1.82) is 0 Å². The minimum absolute atomic E-state index is 0.126. The molecule has 0 bridgehead atoms. The second-order valence-corrected chi connectivity index (χ2v) is 7.60. The molecule has 4 aromatic rings. The smallest absolute Gasteiger partial charge is 0.264 e. The number of hydrogen-bond donors (Lipinski definition) is 1. The van der Waals surface area contributed by atoms with Crippen LogP contribution in [0.3, 0.4) is 0 Å². The third kappa shape index (κ3) is 4.40. The Morgan fingerprint density at radius 2 is 2.06 bits per heavy atom. The van der Waals surface area contributed by atoms with Crippen molar-refractivity contribution in [3.8, 4) is 0 Å². The van der Waals surface area contributed by atoms with Gasteiger partial charge in [0.05, 0.1) is 31.4 Å². The summed E-state index contributed by atoms with van der Waals surface area (Å²) in [5.74, 6) is 0.524. The van der Waals surface area contributed by atoms with Crippen LogP contribution in [0.4, 0.5) is 0 Å². The van der Waals surface area contributed by atoms with Crippen LogP contribution in [0.1, 0.15) is 28.1 Å². The van der Waals surface area contributed by atoms with E-state index in [1.54, 1.807) is 22.5 Å². The van der Waals surface area contributed by atoms with Crippen LogP contribution in [0.2, 0.25) is 0 Å². The Morgan fingerprint density at radius 1 is 1.23 bits per heavy atom. The molecule has 0 radical (unpaired) electrons. The number of carbonyl (C=O) groups excluding carboxylic acids is 1. The molecular weight excluding hydrogens is 396 g/mol. The average Bonchev–Trinajstić information content (AvgIpc) is 3.29. The first-order valence-electron chi connectivity index (χ1n) is 10.1. The van der Waals surface area contributed by atoms with Crippen molar-refractivity contribution in [3.63, 3.8) is 0 Å². The molecule has 3 heterocycles. The summed E-state index contributed by atoms with van der Waals surface area (Å²) in [4.78, 5) is 29.5. The number of carbonyl (C=O) groups is 1. The Hall–Kier alpha value is -3.75. The standard InChI is InChI=1S/C22H24N6O3/c1-14-5-4-6-17(9-14)12-27-13-24-21-19(22(27)30)11-25-28(21)8-7-23-20(29)10-18-15(2)26-31-16(18)3/h4-6,9,11,13H,7-8,10,12H2,1-3H3,(H,23,29). The number of nitrogens with one attached hydrogen (secondary N) is 1. The molecule has 3 aromatic heterocycles. The van der Waals surface area contributed by atoms with E-state index < -0.39 is 0 Å². The Bertz CT molecular complexity index is 1280. The summed E-state index contributed by atoms with van der Waals surface area (Å²) in [6, 6.07) is 8.02. The Labute approximate surface area is 178 Å². The van der Waals surface area contributed by atoms with Crippen LogP contribution in [-0.2, 0) is 24.3 Å². The molecule has 31 heavy (non-hydrogen) atoms. The van der Waals surface area contributed by atoms with E-state index >= 15 is 0 Å². The summed E-state index contributed by atoms with van der Waals surface area (Å²) in [5, 5.41) is 11.5. The summed E-state index contributed by atoms with van der Waals surface area (Å²) in [6.45, 7) is 6.85. The van der Waals surface area contributed by atoms with E-state index in [-0.39, 0.29) is 17.9 Å². The summed E-state index contributed by atoms with van der Waals surface area (Å²) in [6.07, 6.45) is 3.28. The Balaban J connectivity index is 1.42. The highest BCUT2D eigenvalue weighted by Gasteiger charge is 2.14. The van der Waals surface area contributed by atoms with Crippen LogP contribution in [0.5, 0.6) is 0 Å². The molecule has 4 rings (SSSR count). The molecule has 0 unspecified atom stereocenters. The van der Waals surface area contributed by atoms with Crippen molar-refractivity contribution in [2.45, 2.75) is 40.3 Å². The molecule has 0 spiro atoms. The van der Waals surface area contributed by atoms with Crippen LogP contribution in [0.25, 0.3) is 11.0 Å². The lowest BCUT2D eigenvalue weighted by Gasteiger charge is -2.08. The molecule has 0 atom stereocenters. The SMILES string of the molecule is Cc1cccc(Cn2cnc3c(cnn3CCNC(=O)Cc3c(C)noc3C)c2=O)c1. The Morgan fingerprint density at radius 3 is 2.81 bits per heavy atom. The predicted molar refractivity (Wildman–Crippen MR) is 115 cm³/mol. The van der Waals surface area contributed by atoms with Crippen LogP contribution in [0.15, 0.2) is 46.1 Å². The zero-order valence-electron chi connectivity index (χ0n) is 17.8. The summed E-state index contributed by atoms with van der Waals surface area (Å²) < 4.78 is 8.29. The fraction of sp³-hybridized carbons (Fsp3) is 0.318. The van der Waals surface area contributed by atoms with Gasteiger partial charge in [0.25, 0.3) is 5.56 Å². The first-order valence-corrected chi connectivity index (χ1v) is 10.1. The number of aryl methyl sites for hydroxylation is 3. The van der Waals surface area contributed by atoms with Gasteiger partial charge >= 0.3 is 0 Å². The molecule has 9 nitrogen and oxygen atoms in total. The van der Waals surface area contributed by atoms with E-state index in [0.29, 0.717) is 36.4 Å². The van der Waals surface area contributed by atoms with Gasteiger partial charge in [0.2, 0.25) is 5.91 Å². The predicted octanol–water partition coefficient (Wildman–Crippen LogP) is 1.91. The van der Waals surface area contributed by atoms with Crippen molar-refractivity contribution in [1.82, 2.24) is 29.8 Å². The van der Waals surface area contributed by atoms with Gasteiger partial charge in [-0.2, -0.15) is 5.10 Å². The summed E-state index contributed by atoms with van der Waals surface area (Å²) in [7, 11) is 0. The number of rotatable bonds is 7. The number of aromatic nitrogens is 5. The molecule has 0 saturated carbocycles. The lowest BCUT2D eigenvalue weighted by molar-refractivity contribution is -0.120. The van der Waals surface area contributed by atoms with E-state index in [9.17, 15) is 9.59 Å². The zero-order chi connectivity index (χ0) is 22.0. The fourth-order valence-corrected chi connectivity index (χ4v) is 3.56. The van der Waals surface area contributed by atoms with Gasteiger partial charge in [-0.05, 0) is 26.3 Å². The van der Waals surface area contributed by atoms with E-state index in [2.05, 4.69) is 20.6 Å². The van der Waals surface area contributed by atoms with Crippen LogP contribution >= 0.6 is 0 Å². The molecular formula is C22H24N6O3. The average molecular weight is 420 g/mol. The lowest BCUT2D eigenvalue weighted by Crippen LogP contribution is -2.29. The van der Waals surface area contributed by atoms with E-state index in [0.717, 1.165) is 22.4 Å². The van der Waals surface area contributed by atoms with Gasteiger partial charge in [-0.25, -0.2) is 9.67 Å². The summed E-state index contributed by atoms with van der Waals surface area (Å²) >= 11 is 0. The number of amides is 1. The van der Waals surface area contributed by atoms with Crippen LogP contribution in [0, 0.1) is 20.8 Å². The van der Waals surface area contributed by atoms with E-state index in [1.807, 2.05) is 38.1 Å². The molecule has 0 aliphatic carbocycles. The van der Waals surface area contributed by atoms with Crippen LogP contribution in [-0.4, -0.2) is 36.9 Å². The van der Waals surface area contributed by atoms with Crippen molar-refractivity contribution >= 4 is 16.9 Å². The first kappa shape index (κ1) is 20.5. The van der Waals surface area contributed by atoms with Gasteiger partial charge in [-0.15, -0.1) is 0 Å². The monoisotopic (exact) mass is 420 g/mol. The lowest BCUT2D eigenvalue weighted by atomic mass is 10.1. The highest BCUT2D eigenvalue weighted by molar-refractivity contribution is 5.79. The normalized spacial score (nSPS) is 11.2. The van der Waals surface area contributed by atoms with Gasteiger partial charge in [0.15, 0.2) is 5.65 Å². The highest BCUT2D eigenvalue weighted by Crippen LogP contribution is 2.12. The molecule has 9 heteroatoms. The molecule has 0 fully saturated rings. The number of nitrogens with zero attached hydrogens (tertiary/aromatic N) is 5. The Kier molecular flexibility index (Phi) is 5.66. The van der Waals surface area contributed by atoms with Gasteiger partial charge in [0, 0.05) is 12.1 Å². The molecule has 0 aliphatic rings. The highest BCUT2D eigenvalue weighted by atomic mass is 16.5. The number of fused-ring (bicyclic) bond motifs is 1. The number of benzene rings is 1. The molecule has 1 N–H and O–H groups in total. The molecule has 1 aromatic carbocycles. The maximum absolute atomic E-state index is 12.8. The maximum Gasteiger partial charge on any atom is 0.264 e. The topological polar surface area (TPSA) is 108 Å². The van der Waals surface area contributed by atoms with E-state index in [1.165, 1.54) is 6.20 Å². The maximum atomic E-state index is 12.8. The zero-order valence-corrected chi connectivity index (χ0v) is 17.8. The molecule has 0 aliphatic heterocycles.